The molecule has 0 bridgehead atoms. The third-order valence-corrected chi connectivity index (χ3v) is 5.69. The number of aliphatic hydroxyl groups is 2. The fraction of sp³-hybridized carbons (Fsp3) is 0.455. The van der Waals surface area contributed by atoms with Crippen LogP contribution in [-0.2, 0) is 20.6 Å². The van der Waals surface area contributed by atoms with Crippen LogP contribution in [0.3, 0.4) is 0 Å². The zero-order valence-electron chi connectivity index (χ0n) is 16.3. The molecule has 6 nitrogen and oxygen atoms in total. The molecule has 2 saturated heterocycles. The van der Waals surface area contributed by atoms with Crippen LogP contribution in [0.4, 0.5) is 0 Å². The summed E-state index contributed by atoms with van der Waals surface area (Å²) in [6, 6.07) is 7.91. The predicted octanol–water partition coefficient (Wildman–Crippen LogP) is 3.18. The minimum Gasteiger partial charge on any atom is -0.497 e. The largest absolute Gasteiger partial charge is 0.497 e. The molecule has 29 heavy (non-hydrogen) atoms. The van der Waals surface area contributed by atoms with Gasteiger partial charge in [-0.15, -0.1) is 0 Å². The summed E-state index contributed by atoms with van der Waals surface area (Å²) in [5, 5.41) is 20.4. The predicted molar refractivity (Wildman–Crippen MR) is 107 cm³/mol. The first-order chi connectivity index (χ1) is 14.1. The van der Waals surface area contributed by atoms with Crippen LogP contribution in [-0.4, -0.2) is 49.0 Å². The molecule has 2 fully saturated rings. The molecule has 0 aromatic heterocycles. The number of ether oxygens (including phenoxy) is 4. The van der Waals surface area contributed by atoms with Gasteiger partial charge in [-0.2, -0.15) is 0 Å². The number of halogens is 1. The van der Waals surface area contributed by atoms with Gasteiger partial charge in [-0.3, -0.25) is 0 Å². The van der Waals surface area contributed by atoms with Crippen molar-refractivity contribution in [2.75, 3.05) is 20.5 Å². The van der Waals surface area contributed by atoms with Crippen molar-refractivity contribution in [1.29, 1.82) is 0 Å². The van der Waals surface area contributed by atoms with Gasteiger partial charge in [0.15, 0.2) is 11.5 Å². The molecule has 4 rings (SSSR count). The Hall–Kier alpha value is -1.99. The molecule has 7 heteroatoms. The Morgan fingerprint density at radius 1 is 1.14 bits per heavy atom. The first-order valence-electron chi connectivity index (χ1n) is 9.73. The summed E-state index contributed by atoms with van der Waals surface area (Å²) in [7, 11) is 1.64. The minimum absolute atomic E-state index is 0.102. The molecule has 2 aliphatic heterocycles. The van der Waals surface area contributed by atoms with Gasteiger partial charge in [0, 0.05) is 24.8 Å². The highest BCUT2D eigenvalue weighted by molar-refractivity contribution is 6.30. The molecule has 2 N–H and O–H groups in total. The van der Waals surface area contributed by atoms with Crippen LogP contribution < -0.4 is 4.74 Å². The van der Waals surface area contributed by atoms with Gasteiger partial charge in [-0.1, -0.05) is 35.4 Å². The maximum atomic E-state index is 10.3. The number of hydrogen-bond donors (Lipinski definition) is 2. The standard InChI is InChI=1S/C22H25ClO6/c1-26-16-4-2-13(3-5-16)6-14-7-18(20-10-15(25)9-17(11-24)29-20)21-22(19(23)8-14)28-12-27-21/h2-5,7,15,17,20,24-25H,6,8-12H2,1H3. The SMILES string of the molecule is COc1ccc(CC2=CC(C3CC(O)CC(CO)O3)=C3OCOC3=C(Cl)C2)cc1. The van der Waals surface area contributed by atoms with Gasteiger partial charge in [0.05, 0.1) is 37.1 Å². The summed E-state index contributed by atoms with van der Waals surface area (Å²) in [5.41, 5.74) is 3.01. The van der Waals surface area contributed by atoms with Crippen molar-refractivity contribution >= 4 is 11.6 Å². The molecular formula is C22H25ClO6. The molecule has 0 radical (unpaired) electrons. The third-order valence-electron chi connectivity index (χ3n) is 5.38. The zero-order chi connectivity index (χ0) is 20.4. The van der Waals surface area contributed by atoms with Gasteiger partial charge >= 0.3 is 0 Å². The lowest BCUT2D eigenvalue weighted by molar-refractivity contribution is -0.0973. The van der Waals surface area contributed by atoms with E-state index in [1.807, 2.05) is 30.3 Å². The van der Waals surface area contributed by atoms with Crippen molar-refractivity contribution in [3.05, 3.63) is 63.6 Å². The van der Waals surface area contributed by atoms with Crippen molar-refractivity contribution in [2.24, 2.45) is 0 Å². The highest BCUT2D eigenvalue weighted by atomic mass is 35.5. The van der Waals surface area contributed by atoms with Crippen molar-refractivity contribution in [1.82, 2.24) is 0 Å². The normalized spacial score (nSPS) is 27.0. The summed E-state index contributed by atoms with van der Waals surface area (Å²) in [6.45, 7) is -0.0376. The lowest BCUT2D eigenvalue weighted by Crippen LogP contribution is -2.38. The molecule has 0 amide bonds. The zero-order valence-corrected chi connectivity index (χ0v) is 17.0. The molecule has 1 aromatic rings. The highest BCUT2D eigenvalue weighted by Gasteiger charge is 2.36. The Labute approximate surface area is 175 Å². The fourth-order valence-electron chi connectivity index (χ4n) is 3.98. The van der Waals surface area contributed by atoms with E-state index in [4.69, 9.17) is 30.5 Å². The first kappa shape index (κ1) is 20.3. The Bertz CT molecular complexity index is 841. The lowest BCUT2D eigenvalue weighted by Gasteiger charge is -2.33. The molecule has 3 aliphatic rings. The second-order valence-electron chi connectivity index (χ2n) is 7.48. The van der Waals surface area contributed by atoms with Gasteiger partial charge in [-0.25, -0.2) is 0 Å². The van der Waals surface area contributed by atoms with E-state index in [9.17, 15) is 10.2 Å². The van der Waals surface area contributed by atoms with Crippen LogP contribution in [0.5, 0.6) is 5.75 Å². The second-order valence-corrected chi connectivity index (χ2v) is 7.94. The molecule has 0 saturated carbocycles. The average Bonchev–Trinajstić information content (AvgIpc) is 3.17. The van der Waals surface area contributed by atoms with Gasteiger partial charge < -0.3 is 29.2 Å². The highest BCUT2D eigenvalue weighted by Crippen LogP contribution is 2.40. The molecule has 0 spiro atoms. The molecular weight excluding hydrogens is 396 g/mol. The van der Waals surface area contributed by atoms with Crippen molar-refractivity contribution < 1.29 is 29.2 Å². The smallest absolute Gasteiger partial charge is 0.231 e. The summed E-state index contributed by atoms with van der Waals surface area (Å²) < 4.78 is 22.6. The number of rotatable bonds is 5. The maximum Gasteiger partial charge on any atom is 0.231 e. The molecule has 2 heterocycles. The Balaban J connectivity index is 1.67. The number of aliphatic hydroxyl groups excluding tert-OH is 2. The van der Waals surface area contributed by atoms with Gasteiger partial charge in [0.25, 0.3) is 0 Å². The quantitative estimate of drug-likeness (QED) is 0.761. The van der Waals surface area contributed by atoms with E-state index in [1.54, 1.807) is 7.11 Å². The van der Waals surface area contributed by atoms with Crippen LogP contribution in [0.15, 0.2) is 58.0 Å². The second kappa shape index (κ2) is 8.79. The molecule has 3 atom stereocenters. The van der Waals surface area contributed by atoms with E-state index in [0.717, 1.165) is 22.5 Å². The topological polar surface area (TPSA) is 77.4 Å². The summed E-state index contributed by atoms with van der Waals surface area (Å²) >= 11 is 6.57. The Morgan fingerprint density at radius 2 is 1.90 bits per heavy atom. The first-order valence-corrected chi connectivity index (χ1v) is 10.1. The van der Waals surface area contributed by atoms with E-state index >= 15 is 0 Å². The minimum atomic E-state index is -0.550. The number of allylic oxidation sites excluding steroid dienone is 2. The van der Waals surface area contributed by atoms with Gasteiger partial charge in [0.1, 0.15) is 5.75 Å². The number of methoxy groups -OCH3 is 1. The monoisotopic (exact) mass is 420 g/mol. The Morgan fingerprint density at radius 3 is 2.62 bits per heavy atom. The molecule has 1 aliphatic carbocycles. The maximum absolute atomic E-state index is 10.3. The summed E-state index contributed by atoms with van der Waals surface area (Å²) in [5.74, 6) is 1.91. The van der Waals surface area contributed by atoms with E-state index < -0.39 is 18.3 Å². The number of benzene rings is 1. The summed E-state index contributed by atoms with van der Waals surface area (Å²) in [4.78, 5) is 0. The van der Waals surface area contributed by atoms with Crippen LogP contribution in [0.25, 0.3) is 0 Å². The lowest BCUT2D eigenvalue weighted by atomic mass is 9.93. The van der Waals surface area contributed by atoms with Crippen LogP contribution >= 0.6 is 11.6 Å². The van der Waals surface area contributed by atoms with E-state index in [-0.39, 0.29) is 13.4 Å². The van der Waals surface area contributed by atoms with Crippen molar-refractivity contribution in [2.45, 2.75) is 44.0 Å². The van der Waals surface area contributed by atoms with E-state index in [1.165, 1.54) is 0 Å². The number of hydrogen-bond acceptors (Lipinski definition) is 6. The van der Waals surface area contributed by atoms with E-state index in [0.29, 0.717) is 42.2 Å². The van der Waals surface area contributed by atoms with Crippen molar-refractivity contribution in [3.8, 4) is 5.75 Å². The molecule has 1 aromatic carbocycles. The molecule has 156 valence electrons. The Kier molecular flexibility index (Phi) is 6.15. The van der Waals surface area contributed by atoms with Crippen LogP contribution in [0.1, 0.15) is 24.8 Å². The van der Waals surface area contributed by atoms with Gasteiger partial charge in [0.2, 0.25) is 6.79 Å². The third kappa shape index (κ3) is 4.46. The summed E-state index contributed by atoms with van der Waals surface area (Å²) in [6.07, 6.45) is 2.75. The van der Waals surface area contributed by atoms with Crippen LogP contribution in [0.2, 0.25) is 0 Å². The molecule has 3 unspecified atom stereocenters. The van der Waals surface area contributed by atoms with E-state index in [2.05, 4.69) is 0 Å². The van der Waals surface area contributed by atoms with Crippen LogP contribution in [0, 0.1) is 0 Å². The van der Waals surface area contributed by atoms with Crippen molar-refractivity contribution in [3.63, 3.8) is 0 Å². The average molecular weight is 421 g/mol. The van der Waals surface area contributed by atoms with Gasteiger partial charge in [-0.05, 0) is 24.1 Å². The number of fused-ring (bicyclic) bond motifs is 1. The fourth-order valence-corrected chi connectivity index (χ4v) is 4.29.